The zero-order valence-corrected chi connectivity index (χ0v) is 16.7. The van der Waals surface area contributed by atoms with Gasteiger partial charge in [0.15, 0.2) is 0 Å². The molecule has 1 atom stereocenters. The van der Waals surface area contributed by atoms with Gasteiger partial charge < -0.3 is 14.6 Å². The van der Waals surface area contributed by atoms with Crippen molar-refractivity contribution in [3.05, 3.63) is 53.6 Å². The summed E-state index contributed by atoms with van der Waals surface area (Å²) in [5.74, 6) is 1.62. The Morgan fingerprint density at radius 3 is 2.67 bits per heavy atom. The molecule has 146 valence electrons. The number of carbonyl (C=O) groups is 1. The lowest BCUT2D eigenvalue weighted by Crippen LogP contribution is -2.41. The first-order valence-corrected chi connectivity index (χ1v) is 9.90. The third-order valence-electron chi connectivity index (χ3n) is 5.41. The van der Waals surface area contributed by atoms with Crippen molar-refractivity contribution in [2.45, 2.75) is 58.6 Å². The molecule has 27 heavy (non-hydrogen) atoms. The molecule has 2 heterocycles. The quantitative estimate of drug-likeness (QED) is 0.848. The number of imidazole rings is 1. The van der Waals surface area contributed by atoms with Crippen LogP contribution in [0, 0.1) is 12.8 Å². The van der Waals surface area contributed by atoms with Crippen molar-refractivity contribution in [3.63, 3.8) is 0 Å². The Labute approximate surface area is 162 Å². The molecule has 0 bridgehead atoms. The lowest BCUT2D eigenvalue weighted by atomic mass is 9.96. The van der Waals surface area contributed by atoms with Gasteiger partial charge in [-0.3, -0.25) is 4.79 Å². The Morgan fingerprint density at radius 2 is 2.04 bits per heavy atom. The summed E-state index contributed by atoms with van der Waals surface area (Å²) in [4.78, 5) is 19.2. The van der Waals surface area contributed by atoms with Gasteiger partial charge in [0.2, 0.25) is 0 Å². The van der Waals surface area contributed by atoms with Crippen molar-refractivity contribution >= 4 is 5.91 Å². The largest absolute Gasteiger partial charge is 0.390 e. The van der Waals surface area contributed by atoms with Crippen LogP contribution in [0.2, 0.25) is 0 Å². The number of hydrogen-bond donors (Lipinski definition) is 1. The molecule has 2 aromatic rings. The fourth-order valence-electron chi connectivity index (χ4n) is 3.72. The van der Waals surface area contributed by atoms with Gasteiger partial charge in [0.1, 0.15) is 5.82 Å². The number of aliphatic hydroxyl groups is 1. The van der Waals surface area contributed by atoms with E-state index < -0.39 is 5.60 Å². The van der Waals surface area contributed by atoms with Crippen molar-refractivity contribution < 1.29 is 9.90 Å². The molecule has 1 N–H and O–H groups in total. The minimum Gasteiger partial charge on any atom is -0.390 e. The molecule has 0 radical (unpaired) electrons. The van der Waals surface area contributed by atoms with Gasteiger partial charge in [0, 0.05) is 37.6 Å². The van der Waals surface area contributed by atoms with E-state index in [2.05, 4.69) is 9.55 Å². The molecule has 1 amide bonds. The maximum atomic E-state index is 12.9. The molecule has 5 heteroatoms. The van der Waals surface area contributed by atoms with Crippen molar-refractivity contribution in [1.29, 1.82) is 0 Å². The van der Waals surface area contributed by atoms with E-state index in [0.717, 1.165) is 55.8 Å². The molecule has 5 nitrogen and oxygen atoms in total. The van der Waals surface area contributed by atoms with Crippen molar-refractivity contribution in [3.8, 4) is 0 Å². The Bertz CT molecular complexity index is 759. The van der Waals surface area contributed by atoms with Gasteiger partial charge in [-0.05, 0) is 70.1 Å². The number of nitrogens with zero attached hydrogens (tertiary/aromatic N) is 3. The molecule has 1 fully saturated rings. The van der Waals surface area contributed by atoms with Crippen LogP contribution in [0.5, 0.6) is 0 Å². The Morgan fingerprint density at radius 1 is 1.30 bits per heavy atom. The van der Waals surface area contributed by atoms with Crippen molar-refractivity contribution in [1.82, 2.24) is 14.5 Å². The van der Waals surface area contributed by atoms with E-state index in [1.165, 1.54) is 0 Å². The summed E-state index contributed by atoms with van der Waals surface area (Å²) in [7, 11) is 0. The summed E-state index contributed by atoms with van der Waals surface area (Å²) in [6, 6.07) is 7.86. The average Bonchev–Trinajstić information content (AvgIpc) is 3.04. The lowest BCUT2D eigenvalue weighted by Gasteiger charge is -2.33. The van der Waals surface area contributed by atoms with Gasteiger partial charge in [-0.25, -0.2) is 4.98 Å². The summed E-state index contributed by atoms with van der Waals surface area (Å²) in [6.45, 7) is 8.22. The predicted octanol–water partition coefficient (Wildman–Crippen LogP) is 3.45. The van der Waals surface area contributed by atoms with Gasteiger partial charge in [0.05, 0.1) is 5.60 Å². The van der Waals surface area contributed by atoms with Gasteiger partial charge >= 0.3 is 0 Å². The molecule has 1 aromatic carbocycles. The first-order valence-electron chi connectivity index (χ1n) is 9.90. The molecule has 1 saturated heterocycles. The summed E-state index contributed by atoms with van der Waals surface area (Å²) < 4.78 is 2.18. The maximum Gasteiger partial charge on any atom is 0.253 e. The monoisotopic (exact) mass is 369 g/mol. The van der Waals surface area contributed by atoms with E-state index >= 15 is 0 Å². The number of carbonyl (C=O) groups excluding carboxylic acids is 1. The van der Waals surface area contributed by atoms with Crippen LogP contribution in [0.4, 0.5) is 0 Å². The van der Waals surface area contributed by atoms with Crippen LogP contribution in [0.3, 0.4) is 0 Å². The Kier molecular flexibility index (Phi) is 6.00. The first kappa shape index (κ1) is 19.6. The second kappa shape index (κ2) is 8.26. The summed E-state index contributed by atoms with van der Waals surface area (Å²) >= 11 is 0. The van der Waals surface area contributed by atoms with E-state index in [0.29, 0.717) is 12.3 Å². The highest BCUT2D eigenvalue weighted by atomic mass is 16.3. The standard InChI is InChI=1S/C22H31N3O2/c1-17-23-12-14-24(17)15-19-5-4-13-25(16-19)21(26)20-8-6-18(7-9-20)10-11-22(2,3)27/h6-9,12,14,19,27H,4-5,10-11,13,15-16H2,1-3H3/t19-/m0/s1. The molecule has 1 aliphatic rings. The zero-order valence-electron chi connectivity index (χ0n) is 16.7. The summed E-state index contributed by atoms with van der Waals surface area (Å²) in [6.07, 6.45) is 7.57. The first-order chi connectivity index (χ1) is 12.8. The molecule has 0 spiro atoms. The van der Waals surface area contributed by atoms with E-state index in [9.17, 15) is 9.90 Å². The third-order valence-corrected chi connectivity index (χ3v) is 5.41. The summed E-state index contributed by atoms with van der Waals surface area (Å²) in [5, 5.41) is 9.86. The van der Waals surface area contributed by atoms with Gasteiger partial charge in [0.25, 0.3) is 5.91 Å². The van der Waals surface area contributed by atoms with Gasteiger partial charge in [-0.15, -0.1) is 0 Å². The van der Waals surface area contributed by atoms with E-state index in [1.54, 1.807) is 0 Å². The van der Waals surface area contributed by atoms with E-state index in [4.69, 9.17) is 0 Å². The fraction of sp³-hybridized carbons (Fsp3) is 0.545. The number of likely N-dealkylation sites (tertiary alicyclic amines) is 1. The van der Waals surface area contributed by atoms with Crippen LogP contribution in [0.15, 0.2) is 36.7 Å². The number of aryl methyl sites for hydroxylation is 2. The van der Waals surface area contributed by atoms with Crippen LogP contribution in [-0.4, -0.2) is 44.2 Å². The topological polar surface area (TPSA) is 58.4 Å². The molecule has 1 aliphatic heterocycles. The van der Waals surface area contributed by atoms with Gasteiger partial charge in [-0.1, -0.05) is 12.1 Å². The number of amides is 1. The van der Waals surface area contributed by atoms with Gasteiger partial charge in [-0.2, -0.15) is 0 Å². The number of benzene rings is 1. The molecule has 3 rings (SSSR count). The van der Waals surface area contributed by atoms with Crippen molar-refractivity contribution in [2.75, 3.05) is 13.1 Å². The van der Waals surface area contributed by atoms with Crippen molar-refractivity contribution in [2.24, 2.45) is 5.92 Å². The molecule has 0 unspecified atom stereocenters. The Balaban J connectivity index is 1.58. The second-order valence-corrected chi connectivity index (χ2v) is 8.40. The highest BCUT2D eigenvalue weighted by Gasteiger charge is 2.25. The van der Waals surface area contributed by atoms with Crippen LogP contribution in [0.25, 0.3) is 0 Å². The minimum atomic E-state index is -0.662. The molecular formula is C22H31N3O2. The number of hydrogen-bond acceptors (Lipinski definition) is 3. The van der Waals surface area contributed by atoms with E-state index in [-0.39, 0.29) is 5.91 Å². The van der Waals surface area contributed by atoms with Crippen LogP contribution >= 0.6 is 0 Å². The minimum absolute atomic E-state index is 0.121. The molecule has 1 aromatic heterocycles. The number of aromatic nitrogens is 2. The zero-order chi connectivity index (χ0) is 19.4. The molecular weight excluding hydrogens is 338 g/mol. The van der Waals surface area contributed by atoms with Crippen LogP contribution in [0.1, 0.15) is 54.9 Å². The number of piperidine rings is 1. The lowest BCUT2D eigenvalue weighted by molar-refractivity contribution is 0.0660. The molecule has 0 aliphatic carbocycles. The average molecular weight is 370 g/mol. The fourth-order valence-corrected chi connectivity index (χ4v) is 3.72. The highest BCUT2D eigenvalue weighted by molar-refractivity contribution is 5.94. The highest BCUT2D eigenvalue weighted by Crippen LogP contribution is 2.21. The number of rotatable bonds is 6. The maximum absolute atomic E-state index is 12.9. The predicted molar refractivity (Wildman–Crippen MR) is 107 cm³/mol. The smallest absolute Gasteiger partial charge is 0.253 e. The SMILES string of the molecule is Cc1nccn1C[C@@H]1CCCN(C(=O)c2ccc(CCC(C)(C)O)cc2)C1. The van der Waals surface area contributed by atoms with Crippen LogP contribution < -0.4 is 0 Å². The second-order valence-electron chi connectivity index (χ2n) is 8.40. The van der Waals surface area contributed by atoms with E-state index in [1.807, 2.05) is 62.3 Å². The molecule has 0 saturated carbocycles. The Hall–Kier alpha value is -2.14. The van der Waals surface area contributed by atoms with Crippen LogP contribution in [-0.2, 0) is 13.0 Å². The summed E-state index contributed by atoms with van der Waals surface area (Å²) in [5.41, 5.74) is 1.24. The normalized spacial score (nSPS) is 17.9. The third kappa shape index (κ3) is 5.42.